The van der Waals surface area contributed by atoms with Gasteiger partial charge in [0.25, 0.3) is 0 Å². The van der Waals surface area contributed by atoms with Crippen LogP contribution >= 0.6 is 24.0 Å². The van der Waals surface area contributed by atoms with E-state index in [0.717, 1.165) is 30.3 Å². The van der Waals surface area contributed by atoms with Crippen LogP contribution in [-0.4, -0.2) is 19.6 Å². The fourth-order valence-electron chi connectivity index (χ4n) is 2.74. The molecule has 1 saturated carbocycles. The minimum Gasteiger partial charge on any atom is -0.497 e. The topological polar surface area (TPSA) is 59.6 Å². The van der Waals surface area contributed by atoms with E-state index in [2.05, 4.69) is 10.3 Å². The molecule has 0 aromatic heterocycles. The minimum atomic E-state index is 0. The molecular weight excluding hydrogens is 377 g/mol. The van der Waals surface area contributed by atoms with Crippen LogP contribution < -0.4 is 15.8 Å². The summed E-state index contributed by atoms with van der Waals surface area (Å²) < 4.78 is 5.11. The van der Waals surface area contributed by atoms with Gasteiger partial charge in [0.1, 0.15) is 5.75 Å². The van der Waals surface area contributed by atoms with Crippen LogP contribution in [0.3, 0.4) is 0 Å². The number of halogens is 1. The van der Waals surface area contributed by atoms with Crippen molar-refractivity contribution in [3.8, 4) is 5.75 Å². The molecule has 3 N–H and O–H groups in total. The normalized spacial score (nSPS) is 15.6. The van der Waals surface area contributed by atoms with Gasteiger partial charge in [-0.25, -0.2) is 0 Å². The van der Waals surface area contributed by atoms with Crippen LogP contribution in [0.25, 0.3) is 0 Å². The van der Waals surface area contributed by atoms with Crippen molar-refractivity contribution in [3.05, 3.63) is 24.3 Å². The van der Waals surface area contributed by atoms with Gasteiger partial charge in [-0.2, -0.15) is 0 Å². The highest BCUT2D eigenvalue weighted by atomic mass is 127. The monoisotopic (exact) mass is 403 g/mol. The number of nitrogens with zero attached hydrogens (tertiary/aromatic N) is 1. The Morgan fingerprint density at radius 3 is 2.57 bits per heavy atom. The van der Waals surface area contributed by atoms with Crippen molar-refractivity contribution < 1.29 is 4.74 Å². The van der Waals surface area contributed by atoms with Crippen LogP contribution in [0.5, 0.6) is 5.75 Å². The molecular formula is C16H26IN3O. The first-order valence-electron chi connectivity index (χ1n) is 7.49. The lowest BCUT2D eigenvalue weighted by Gasteiger charge is -2.08. The summed E-state index contributed by atoms with van der Waals surface area (Å²) in [5, 5.41) is 3.09. The number of nitrogens with one attached hydrogen (secondary N) is 1. The average molecular weight is 403 g/mol. The zero-order valence-corrected chi connectivity index (χ0v) is 15.0. The number of nitrogens with two attached hydrogens (primary N) is 1. The summed E-state index contributed by atoms with van der Waals surface area (Å²) in [7, 11) is 1.66. The highest BCUT2D eigenvalue weighted by Gasteiger charge is 2.13. The number of hydrogen-bond acceptors (Lipinski definition) is 2. The molecule has 4 nitrogen and oxygen atoms in total. The Balaban J connectivity index is 0.00000220. The molecule has 1 aliphatic rings. The maximum absolute atomic E-state index is 5.88. The van der Waals surface area contributed by atoms with Crippen molar-refractivity contribution in [1.29, 1.82) is 0 Å². The third-order valence-electron chi connectivity index (χ3n) is 3.89. The van der Waals surface area contributed by atoms with Crippen molar-refractivity contribution in [2.24, 2.45) is 16.6 Å². The van der Waals surface area contributed by atoms with Gasteiger partial charge >= 0.3 is 0 Å². The van der Waals surface area contributed by atoms with Gasteiger partial charge in [0.2, 0.25) is 0 Å². The quantitative estimate of drug-likeness (QED) is 0.327. The SMILES string of the molecule is COc1ccc(NC(N)=NCCCC2CCCC2)cc1.I. The first-order valence-corrected chi connectivity index (χ1v) is 7.49. The average Bonchev–Trinajstić information content (AvgIpc) is 2.98. The number of hydrogen-bond donors (Lipinski definition) is 2. The molecule has 21 heavy (non-hydrogen) atoms. The molecule has 0 heterocycles. The Morgan fingerprint density at radius 1 is 1.29 bits per heavy atom. The van der Waals surface area contributed by atoms with Gasteiger partial charge in [-0.1, -0.05) is 25.7 Å². The Labute approximate surface area is 144 Å². The van der Waals surface area contributed by atoms with Gasteiger partial charge in [-0.05, 0) is 43.0 Å². The molecule has 0 aliphatic heterocycles. The molecule has 1 fully saturated rings. The molecule has 0 unspecified atom stereocenters. The van der Waals surface area contributed by atoms with Gasteiger partial charge in [0, 0.05) is 12.2 Å². The van der Waals surface area contributed by atoms with Crippen LogP contribution in [0.4, 0.5) is 5.69 Å². The van der Waals surface area contributed by atoms with Crippen LogP contribution in [0.1, 0.15) is 38.5 Å². The first-order chi connectivity index (χ1) is 9.78. The summed E-state index contributed by atoms with van der Waals surface area (Å²) in [6.45, 7) is 0.811. The molecule has 0 spiro atoms. The van der Waals surface area contributed by atoms with Gasteiger partial charge in [0.15, 0.2) is 5.96 Å². The zero-order chi connectivity index (χ0) is 14.2. The fourth-order valence-corrected chi connectivity index (χ4v) is 2.74. The third kappa shape index (κ3) is 6.54. The van der Waals surface area contributed by atoms with E-state index in [4.69, 9.17) is 10.5 Å². The van der Waals surface area contributed by atoms with E-state index < -0.39 is 0 Å². The minimum absolute atomic E-state index is 0. The summed E-state index contributed by atoms with van der Waals surface area (Å²) in [6.07, 6.45) is 8.06. The van der Waals surface area contributed by atoms with Crippen LogP contribution in [0.15, 0.2) is 29.3 Å². The second-order valence-electron chi connectivity index (χ2n) is 5.41. The second-order valence-corrected chi connectivity index (χ2v) is 5.41. The van der Waals surface area contributed by atoms with Crippen molar-refractivity contribution in [1.82, 2.24) is 0 Å². The smallest absolute Gasteiger partial charge is 0.193 e. The number of anilines is 1. The van der Waals surface area contributed by atoms with E-state index in [-0.39, 0.29) is 24.0 Å². The van der Waals surface area contributed by atoms with Gasteiger partial charge < -0.3 is 15.8 Å². The van der Waals surface area contributed by atoms with Crippen LogP contribution in [0, 0.1) is 5.92 Å². The van der Waals surface area contributed by atoms with E-state index in [1.807, 2.05) is 24.3 Å². The van der Waals surface area contributed by atoms with Crippen molar-refractivity contribution in [2.75, 3.05) is 19.0 Å². The summed E-state index contributed by atoms with van der Waals surface area (Å²) >= 11 is 0. The Kier molecular flexibility index (Phi) is 8.49. The Morgan fingerprint density at radius 2 is 1.95 bits per heavy atom. The first kappa shape index (κ1) is 18.1. The van der Waals surface area contributed by atoms with Crippen molar-refractivity contribution >= 4 is 35.6 Å². The highest BCUT2D eigenvalue weighted by Crippen LogP contribution is 2.28. The number of rotatable bonds is 6. The maximum Gasteiger partial charge on any atom is 0.193 e. The molecule has 0 saturated heterocycles. The molecule has 1 aliphatic carbocycles. The van der Waals surface area contributed by atoms with E-state index in [1.54, 1.807) is 7.11 Å². The number of methoxy groups -OCH3 is 1. The lowest BCUT2D eigenvalue weighted by atomic mass is 10.0. The van der Waals surface area contributed by atoms with Crippen molar-refractivity contribution in [3.63, 3.8) is 0 Å². The molecule has 118 valence electrons. The van der Waals surface area contributed by atoms with Gasteiger partial charge in [-0.15, -0.1) is 24.0 Å². The summed E-state index contributed by atoms with van der Waals surface area (Å²) in [5.74, 6) is 2.25. The third-order valence-corrected chi connectivity index (χ3v) is 3.89. The lowest BCUT2D eigenvalue weighted by molar-refractivity contribution is 0.415. The molecule has 1 aromatic carbocycles. The summed E-state index contributed by atoms with van der Waals surface area (Å²) in [5.41, 5.74) is 6.81. The molecule has 0 amide bonds. The van der Waals surface area contributed by atoms with Gasteiger partial charge in [-0.3, -0.25) is 4.99 Å². The zero-order valence-electron chi connectivity index (χ0n) is 12.7. The van der Waals surface area contributed by atoms with Crippen LogP contribution in [0.2, 0.25) is 0 Å². The lowest BCUT2D eigenvalue weighted by Crippen LogP contribution is -2.22. The maximum atomic E-state index is 5.88. The Hall–Kier alpha value is -0.980. The van der Waals surface area contributed by atoms with E-state index in [9.17, 15) is 0 Å². The molecule has 0 bridgehead atoms. The standard InChI is InChI=1S/C16H25N3O.HI/c1-20-15-10-8-14(9-11-15)19-16(17)18-12-4-7-13-5-2-3-6-13;/h8-11,13H,2-7,12H2,1H3,(H3,17,18,19);1H. The highest BCUT2D eigenvalue weighted by molar-refractivity contribution is 14.0. The molecule has 5 heteroatoms. The molecule has 0 atom stereocenters. The summed E-state index contributed by atoms with van der Waals surface area (Å²) in [4.78, 5) is 4.38. The van der Waals surface area contributed by atoms with E-state index >= 15 is 0 Å². The summed E-state index contributed by atoms with van der Waals surface area (Å²) in [6, 6.07) is 7.66. The van der Waals surface area contributed by atoms with E-state index in [1.165, 1.54) is 32.1 Å². The Bertz CT molecular complexity index is 428. The number of benzene rings is 1. The fraction of sp³-hybridized carbons (Fsp3) is 0.562. The predicted molar refractivity (Wildman–Crippen MR) is 99.7 cm³/mol. The number of ether oxygens (including phenoxy) is 1. The van der Waals surface area contributed by atoms with E-state index in [0.29, 0.717) is 5.96 Å². The van der Waals surface area contributed by atoms with Crippen LogP contribution in [-0.2, 0) is 0 Å². The molecule has 1 aromatic rings. The van der Waals surface area contributed by atoms with Gasteiger partial charge in [0.05, 0.1) is 7.11 Å². The largest absolute Gasteiger partial charge is 0.497 e. The van der Waals surface area contributed by atoms with Crippen molar-refractivity contribution in [2.45, 2.75) is 38.5 Å². The number of guanidine groups is 1. The predicted octanol–water partition coefficient (Wildman–Crippen LogP) is 4.01. The molecule has 2 rings (SSSR count). The molecule has 0 radical (unpaired) electrons. The second kappa shape index (κ2) is 9.87. The number of aliphatic imine (C=N–C) groups is 1.